The van der Waals surface area contributed by atoms with Crippen molar-refractivity contribution in [2.24, 2.45) is 29.4 Å². The summed E-state index contributed by atoms with van der Waals surface area (Å²) in [5.41, 5.74) is 6.69. The van der Waals surface area contributed by atoms with Crippen molar-refractivity contribution in [3.05, 3.63) is 36.0 Å². The molecular weight excluding hydrogens is 839 g/mol. The number of nitrogens with one attached hydrogen (secondary N) is 3. The zero-order valence-corrected chi connectivity index (χ0v) is 42.9. The van der Waals surface area contributed by atoms with Gasteiger partial charge in [0.05, 0.1) is 42.7 Å². The van der Waals surface area contributed by atoms with Gasteiger partial charge in [0, 0.05) is 50.3 Å². The number of fused-ring (bicyclic) bond motifs is 1. The smallest absolute Gasteiger partial charge is 0.329 e. The molecule has 1 fully saturated rings. The van der Waals surface area contributed by atoms with Gasteiger partial charge in [-0.25, -0.2) is 4.79 Å². The van der Waals surface area contributed by atoms with Crippen LogP contribution in [0.25, 0.3) is 10.9 Å². The minimum absolute atomic E-state index is 0.0123. The fourth-order valence-electron chi connectivity index (χ4n) is 10.0. The average molecular weight is 926 g/mol. The summed E-state index contributed by atoms with van der Waals surface area (Å²) in [6, 6.07) is 4.89. The number of likely N-dealkylation sites (N-methyl/N-ethyl adjacent to an activating group) is 2. The van der Waals surface area contributed by atoms with Crippen LogP contribution in [-0.2, 0) is 44.6 Å². The molecule has 1 aliphatic heterocycles. The number of nitrogens with two attached hydrogens (primary N) is 1. The maximum Gasteiger partial charge on any atom is 0.329 e. The number of hydrogen-bond acceptors (Lipinski definition) is 11. The largest absolute Gasteiger partial charge is 0.458 e. The number of para-hydroxylation sites is 1. The number of nitrogens with zero attached hydrogens (tertiary/aromatic N) is 3. The number of aromatic nitrogens is 1. The topological polar surface area (TPSA) is 189 Å². The highest BCUT2D eigenvalue weighted by Gasteiger charge is 2.44. The summed E-state index contributed by atoms with van der Waals surface area (Å²) >= 11 is 0. The lowest BCUT2D eigenvalue weighted by Gasteiger charge is -2.43. The Balaban J connectivity index is 1.81. The predicted octanol–water partition coefficient (Wildman–Crippen LogP) is 6.07. The van der Waals surface area contributed by atoms with Crippen LogP contribution in [0.2, 0.25) is 0 Å². The van der Waals surface area contributed by atoms with Crippen LogP contribution >= 0.6 is 0 Å². The van der Waals surface area contributed by atoms with E-state index < -0.39 is 53.9 Å². The number of aromatic amines is 1. The quantitative estimate of drug-likeness (QED) is 0.0602. The highest BCUT2D eigenvalue weighted by molar-refractivity contribution is 6.00. The second-order valence-corrected chi connectivity index (χ2v) is 20.4. The van der Waals surface area contributed by atoms with Gasteiger partial charge in [-0.1, -0.05) is 85.9 Å². The van der Waals surface area contributed by atoms with Crippen molar-refractivity contribution in [2.45, 2.75) is 175 Å². The van der Waals surface area contributed by atoms with Gasteiger partial charge in [-0.2, -0.15) is 0 Å². The lowest BCUT2D eigenvalue weighted by Crippen LogP contribution is -2.60. The molecule has 374 valence electrons. The van der Waals surface area contributed by atoms with E-state index in [2.05, 4.69) is 29.5 Å². The number of unbranched alkanes of at least 4 members (excludes halogenated alkanes) is 3. The number of rotatable bonds is 27. The van der Waals surface area contributed by atoms with Crippen LogP contribution in [0, 0.1) is 23.7 Å². The van der Waals surface area contributed by atoms with Crippen LogP contribution in [0.4, 0.5) is 0 Å². The number of ether oxygens (including phenoxy) is 3. The van der Waals surface area contributed by atoms with Crippen LogP contribution in [0.1, 0.15) is 126 Å². The maximum absolute atomic E-state index is 14.5. The molecule has 0 radical (unpaired) electrons. The van der Waals surface area contributed by atoms with Crippen molar-refractivity contribution in [1.82, 2.24) is 30.3 Å². The fraction of sp³-hybridized carbons (Fsp3) is 0.745. The summed E-state index contributed by atoms with van der Waals surface area (Å²) in [4.78, 5) is 79.5. The van der Waals surface area contributed by atoms with Crippen LogP contribution in [0.15, 0.2) is 30.5 Å². The molecule has 66 heavy (non-hydrogen) atoms. The Morgan fingerprint density at radius 3 is 2.12 bits per heavy atom. The van der Waals surface area contributed by atoms with E-state index in [-0.39, 0.29) is 60.3 Å². The Kier molecular flexibility index (Phi) is 22.7. The molecule has 1 saturated heterocycles. The summed E-state index contributed by atoms with van der Waals surface area (Å²) in [7, 11) is 6.97. The third-order valence-electron chi connectivity index (χ3n) is 13.5. The molecule has 1 aromatic heterocycles. The molecule has 0 spiro atoms. The minimum Gasteiger partial charge on any atom is -0.458 e. The van der Waals surface area contributed by atoms with Gasteiger partial charge in [-0.3, -0.25) is 34.3 Å². The van der Waals surface area contributed by atoms with E-state index in [1.54, 1.807) is 46.8 Å². The van der Waals surface area contributed by atoms with Gasteiger partial charge in [0.1, 0.15) is 11.6 Å². The number of imide groups is 1. The number of carbonyl (C=O) groups is 5. The van der Waals surface area contributed by atoms with E-state index in [0.29, 0.717) is 19.5 Å². The summed E-state index contributed by atoms with van der Waals surface area (Å²) < 4.78 is 18.0. The van der Waals surface area contributed by atoms with Gasteiger partial charge < -0.3 is 35.1 Å². The second-order valence-electron chi connectivity index (χ2n) is 20.4. The number of methoxy groups -OCH3 is 2. The van der Waals surface area contributed by atoms with Gasteiger partial charge in [-0.15, -0.1) is 0 Å². The Bertz CT molecular complexity index is 1840. The predicted molar refractivity (Wildman–Crippen MR) is 261 cm³/mol. The Morgan fingerprint density at radius 2 is 1.53 bits per heavy atom. The third kappa shape index (κ3) is 15.6. The standard InChI is InChI=1S/C51H87N7O8/c1-15-34(6)45(57(12)44(33(4)5)49(62)55-48(61)43(32(2)3)56(11)27-21-17-16-20-26-52)41(64-13)30-42(59)58-28-22-25-40(58)46(65-14)35(7)47(60)54-39(50(63)66-51(8,9)10)29-36-31-53-38-24-19-18-23-37(36)38/h18-19,23-24,31-35,39-41,43-46,53H,15-17,20-22,25-30,52H2,1-14H3,(H,54,60)(H,55,61,62)/t34-,35+,39-,40-,41+,43-,44-,45-,46+/m0/s1. The first-order valence-corrected chi connectivity index (χ1v) is 24.5. The lowest BCUT2D eigenvalue weighted by atomic mass is 9.87. The molecule has 5 N–H and O–H groups in total. The number of likely N-dealkylation sites (tertiary alicyclic amines) is 1. The average Bonchev–Trinajstić information content (AvgIpc) is 3.90. The van der Waals surface area contributed by atoms with Crippen LogP contribution in [0.5, 0.6) is 0 Å². The van der Waals surface area contributed by atoms with E-state index in [1.807, 2.05) is 82.1 Å². The van der Waals surface area contributed by atoms with Gasteiger partial charge in [-0.05, 0) is 103 Å². The number of H-pyrrole nitrogens is 1. The van der Waals surface area contributed by atoms with Crippen molar-refractivity contribution in [1.29, 1.82) is 0 Å². The van der Waals surface area contributed by atoms with Crippen LogP contribution in [-0.4, -0.2) is 145 Å². The van der Waals surface area contributed by atoms with E-state index in [4.69, 9.17) is 19.9 Å². The molecule has 2 heterocycles. The fourth-order valence-corrected chi connectivity index (χ4v) is 10.0. The molecule has 1 aromatic carbocycles. The van der Waals surface area contributed by atoms with Gasteiger partial charge in [0.25, 0.3) is 0 Å². The van der Waals surface area contributed by atoms with E-state index in [1.165, 1.54) is 0 Å². The number of esters is 1. The molecule has 4 amide bonds. The number of benzene rings is 1. The summed E-state index contributed by atoms with van der Waals surface area (Å²) in [5.74, 6) is -2.67. The minimum atomic E-state index is -0.969. The van der Waals surface area contributed by atoms with E-state index >= 15 is 0 Å². The molecule has 15 nitrogen and oxygen atoms in total. The molecule has 0 unspecified atom stereocenters. The third-order valence-corrected chi connectivity index (χ3v) is 13.5. The number of hydrogen-bond donors (Lipinski definition) is 4. The molecule has 3 rings (SSSR count). The highest BCUT2D eigenvalue weighted by atomic mass is 16.6. The zero-order valence-electron chi connectivity index (χ0n) is 42.9. The van der Waals surface area contributed by atoms with E-state index in [0.717, 1.165) is 61.5 Å². The van der Waals surface area contributed by atoms with Gasteiger partial charge in [0.2, 0.25) is 23.6 Å². The van der Waals surface area contributed by atoms with Crippen molar-refractivity contribution in [3.8, 4) is 0 Å². The maximum atomic E-state index is 14.5. The molecule has 15 heteroatoms. The van der Waals surface area contributed by atoms with Crippen LogP contribution < -0.4 is 16.4 Å². The summed E-state index contributed by atoms with van der Waals surface area (Å²) in [5, 5.41) is 6.73. The molecule has 0 aliphatic carbocycles. The zero-order chi connectivity index (χ0) is 49.5. The van der Waals surface area contributed by atoms with Crippen molar-refractivity contribution in [3.63, 3.8) is 0 Å². The molecule has 2 aromatic rings. The van der Waals surface area contributed by atoms with Crippen molar-refractivity contribution < 1.29 is 38.2 Å². The molecular formula is C51H87N7O8. The Morgan fingerprint density at radius 1 is 0.894 bits per heavy atom. The highest BCUT2D eigenvalue weighted by Crippen LogP contribution is 2.31. The normalized spacial score (nSPS) is 18.3. The molecule has 1 aliphatic rings. The Hall–Kier alpha value is -3.89. The van der Waals surface area contributed by atoms with Crippen LogP contribution in [0.3, 0.4) is 0 Å². The van der Waals surface area contributed by atoms with Crippen molar-refractivity contribution >= 4 is 40.5 Å². The first-order valence-electron chi connectivity index (χ1n) is 24.5. The second kappa shape index (κ2) is 26.6. The molecule has 0 saturated carbocycles. The Labute approximate surface area is 396 Å². The first-order chi connectivity index (χ1) is 31.1. The molecule has 9 atom stereocenters. The molecule has 0 bridgehead atoms. The summed E-state index contributed by atoms with van der Waals surface area (Å²) in [6.45, 7) is 21.1. The van der Waals surface area contributed by atoms with Gasteiger partial charge in [0.15, 0.2) is 0 Å². The first kappa shape index (κ1) is 56.4. The number of carbonyl (C=O) groups excluding carboxylic acids is 5. The number of amides is 4. The lowest BCUT2D eigenvalue weighted by molar-refractivity contribution is -0.159. The van der Waals surface area contributed by atoms with Gasteiger partial charge >= 0.3 is 5.97 Å². The van der Waals surface area contributed by atoms with E-state index in [9.17, 15) is 24.0 Å². The SMILES string of the molecule is CC[C@H](C)[C@@H]([C@@H](CC(=O)N1CCC[C@H]1[C@H](OC)[C@@H](C)C(=O)N[C@@H](Cc1c[nH]c2ccccc12)C(=O)OC(C)(C)C)OC)N(C)[C@H](C(=O)NC(=O)[C@H](C(C)C)N(C)CCCCCCN)C(C)C. The summed E-state index contributed by atoms with van der Waals surface area (Å²) in [6.07, 6.45) is 6.94. The monoisotopic (exact) mass is 926 g/mol. The van der Waals surface area contributed by atoms with Crippen molar-refractivity contribution in [2.75, 3.05) is 47.9 Å².